The summed E-state index contributed by atoms with van der Waals surface area (Å²) in [5, 5.41) is 15.0. The molecule has 0 bridgehead atoms. The monoisotopic (exact) mass is 363 g/mol. The number of hydrogen-bond acceptors (Lipinski definition) is 6. The maximum Gasteiger partial charge on any atom is 0.347 e. The van der Waals surface area contributed by atoms with Crippen molar-refractivity contribution in [3.63, 3.8) is 0 Å². The van der Waals surface area contributed by atoms with Crippen molar-refractivity contribution in [3.8, 4) is 5.75 Å². The minimum absolute atomic E-state index is 0.154. The number of ether oxygens (including phenoxy) is 1. The third-order valence-corrected chi connectivity index (χ3v) is 5.47. The van der Waals surface area contributed by atoms with Gasteiger partial charge in [0.15, 0.2) is 17.1 Å². The number of anilines is 1. The first kappa shape index (κ1) is 18.7. The van der Waals surface area contributed by atoms with Crippen molar-refractivity contribution in [3.05, 3.63) is 15.9 Å². The molecule has 0 radical (unpaired) electrons. The lowest BCUT2D eigenvalue weighted by Gasteiger charge is -2.23. The third-order valence-electron chi connectivity index (χ3n) is 5.47. The van der Waals surface area contributed by atoms with Gasteiger partial charge in [0, 0.05) is 19.6 Å². The summed E-state index contributed by atoms with van der Waals surface area (Å²) >= 11 is 0. The molecule has 7 nitrogen and oxygen atoms in total. The van der Waals surface area contributed by atoms with Gasteiger partial charge in [0.2, 0.25) is 0 Å². The van der Waals surface area contributed by atoms with Gasteiger partial charge in [-0.1, -0.05) is 32.1 Å². The molecule has 1 saturated carbocycles. The number of aryl methyl sites for hydroxylation is 1. The molecule has 1 N–H and O–H groups in total. The van der Waals surface area contributed by atoms with Crippen molar-refractivity contribution in [2.45, 2.75) is 64.8 Å². The smallest absolute Gasteiger partial charge is 0.347 e. The molecule has 0 atom stereocenters. The van der Waals surface area contributed by atoms with Gasteiger partial charge in [0.05, 0.1) is 6.61 Å². The normalized spacial score (nSPS) is 18.3. The molecule has 2 fully saturated rings. The number of aromatic nitrogens is 2. The van der Waals surface area contributed by atoms with Crippen LogP contribution in [0.2, 0.25) is 0 Å². The second-order valence-electron chi connectivity index (χ2n) is 7.28. The fraction of sp³-hybridized carbons (Fsp3) is 0.737. The van der Waals surface area contributed by atoms with Crippen molar-refractivity contribution in [1.29, 1.82) is 0 Å². The Bertz CT molecular complexity index is 689. The van der Waals surface area contributed by atoms with E-state index in [1.165, 1.54) is 36.8 Å². The van der Waals surface area contributed by atoms with E-state index in [1.54, 1.807) is 6.92 Å². The minimum atomic E-state index is -0.774. The first-order valence-electron chi connectivity index (χ1n) is 9.88. The van der Waals surface area contributed by atoms with Gasteiger partial charge in [-0.05, 0) is 32.1 Å². The van der Waals surface area contributed by atoms with Crippen LogP contribution in [0.15, 0.2) is 4.79 Å². The molecule has 2 heterocycles. The van der Waals surface area contributed by atoms with Gasteiger partial charge in [0.25, 0.3) is 5.56 Å². The van der Waals surface area contributed by atoms with Crippen molar-refractivity contribution in [2.24, 2.45) is 5.92 Å². The number of rotatable bonds is 6. The molecule has 1 saturated heterocycles. The van der Waals surface area contributed by atoms with Crippen LogP contribution in [0.3, 0.4) is 0 Å². The van der Waals surface area contributed by atoms with E-state index in [1.807, 2.05) is 4.90 Å². The largest absolute Gasteiger partial charge is 0.503 e. The molecular weight excluding hydrogens is 334 g/mol. The highest BCUT2D eigenvalue weighted by molar-refractivity contribution is 5.93. The van der Waals surface area contributed by atoms with Gasteiger partial charge in [-0.2, -0.15) is 0 Å². The quantitative estimate of drug-likeness (QED) is 0.782. The SMILES string of the molecule is CCOC(=O)c1c(O)c(N2CCCC2)nn(CCC2CCCCC2)c1=O. The lowest BCUT2D eigenvalue weighted by molar-refractivity contribution is 0.0519. The van der Waals surface area contributed by atoms with Crippen molar-refractivity contribution < 1.29 is 14.6 Å². The summed E-state index contributed by atoms with van der Waals surface area (Å²) in [6, 6.07) is 0. The Hall–Kier alpha value is -2.05. The van der Waals surface area contributed by atoms with Crippen LogP contribution in [0.5, 0.6) is 5.75 Å². The lowest BCUT2D eigenvalue weighted by atomic mass is 9.87. The molecule has 26 heavy (non-hydrogen) atoms. The van der Waals surface area contributed by atoms with Crippen LogP contribution in [0.4, 0.5) is 5.82 Å². The van der Waals surface area contributed by atoms with Crippen LogP contribution in [0, 0.1) is 5.92 Å². The predicted molar refractivity (Wildman–Crippen MR) is 98.8 cm³/mol. The summed E-state index contributed by atoms with van der Waals surface area (Å²) < 4.78 is 6.35. The van der Waals surface area contributed by atoms with Crippen molar-refractivity contribution in [1.82, 2.24) is 9.78 Å². The molecule has 0 aromatic carbocycles. The molecule has 1 aliphatic carbocycles. The Kier molecular flexibility index (Phi) is 6.16. The van der Waals surface area contributed by atoms with Gasteiger partial charge in [-0.15, -0.1) is 5.10 Å². The zero-order valence-electron chi connectivity index (χ0n) is 15.6. The van der Waals surface area contributed by atoms with Crippen molar-refractivity contribution >= 4 is 11.8 Å². The standard InChI is InChI=1S/C19H29N3O4/c1-2-26-19(25)15-16(23)17(21-11-6-7-12-21)20-22(18(15)24)13-10-14-8-4-3-5-9-14/h14,23H,2-13H2,1H3. The van der Waals surface area contributed by atoms with Gasteiger partial charge < -0.3 is 14.7 Å². The molecule has 144 valence electrons. The van der Waals surface area contributed by atoms with Crippen molar-refractivity contribution in [2.75, 3.05) is 24.6 Å². The summed E-state index contributed by atoms with van der Waals surface area (Å²) in [4.78, 5) is 27.0. The molecule has 0 spiro atoms. The van der Waals surface area contributed by atoms with Crippen LogP contribution in [-0.2, 0) is 11.3 Å². The first-order valence-corrected chi connectivity index (χ1v) is 9.88. The number of aromatic hydroxyl groups is 1. The summed E-state index contributed by atoms with van der Waals surface area (Å²) in [6.07, 6.45) is 9.06. The van der Waals surface area contributed by atoms with Gasteiger partial charge in [-0.3, -0.25) is 4.79 Å². The van der Waals surface area contributed by atoms with E-state index < -0.39 is 11.5 Å². The summed E-state index contributed by atoms with van der Waals surface area (Å²) in [5.41, 5.74) is -0.841. The first-order chi connectivity index (χ1) is 12.6. The van der Waals surface area contributed by atoms with Crippen LogP contribution >= 0.6 is 0 Å². The highest BCUT2D eigenvalue weighted by Gasteiger charge is 2.28. The second kappa shape index (κ2) is 8.56. The third kappa shape index (κ3) is 4.02. The zero-order chi connectivity index (χ0) is 18.5. The number of carbonyl (C=O) groups excluding carboxylic acids is 1. The highest BCUT2D eigenvalue weighted by Crippen LogP contribution is 2.30. The number of hydrogen-bond donors (Lipinski definition) is 1. The molecule has 1 aromatic rings. The lowest BCUT2D eigenvalue weighted by Crippen LogP contribution is -2.33. The Labute approximate surface area is 154 Å². The zero-order valence-corrected chi connectivity index (χ0v) is 15.6. The average molecular weight is 363 g/mol. The van der Waals surface area contributed by atoms with Gasteiger partial charge in [-0.25, -0.2) is 9.48 Å². The van der Waals surface area contributed by atoms with E-state index >= 15 is 0 Å². The topological polar surface area (TPSA) is 84.7 Å². The Balaban J connectivity index is 1.90. The molecule has 0 amide bonds. The molecular formula is C19H29N3O4. The van der Waals surface area contributed by atoms with Gasteiger partial charge >= 0.3 is 5.97 Å². The molecule has 3 rings (SSSR count). The Morgan fingerprint density at radius 3 is 2.54 bits per heavy atom. The van der Waals surface area contributed by atoms with E-state index in [9.17, 15) is 14.7 Å². The number of carbonyl (C=O) groups is 1. The molecule has 1 aliphatic heterocycles. The molecule has 2 aliphatic rings. The summed E-state index contributed by atoms with van der Waals surface area (Å²) in [5.74, 6) is -0.185. The Morgan fingerprint density at radius 2 is 1.88 bits per heavy atom. The average Bonchev–Trinajstić information content (AvgIpc) is 3.17. The second-order valence-corrected chi connectivity index (χ2v) is 7.28. The van der Waals surface area contributed by atoms with E-state index in [-0.39, 0.29) is 17.9 Å². The number of nitrogens with zero attached hydrogens (tertiary/aromatic N) is 3. The predicted octanol–water partition coefficient (Wildman–Crippen LogP) is 2.70. The van der Waals surface area contributed by atoms with E-state index in [2.05, 4.69) is 5.10 Å². The maximum absolute atomic E-state index is 12.8. The fourth-order valence-corrected chi connectivity index (χ4v) is 4.01. The van der Waals surface area contributed by atoms with Crippen LogP contribution in [-0.4, -0.2) is 40.6 Å². The molecule has 0 unspecified atom stereocenters. The summed E-state index contributed by atoms with van der Waals surface area (Å²) in [7, 11) is 0. The van der Waals surface area contributed by atoms with E-state index in [0.717, 1.165) is 32.4 Å². The maximum atomic E-state index is 12.8. The van der Waals surface area contributed by atoms with E-state index in [0.29, 0.717) is 18.3 Å². The Morgan fingerprint density at radius 1 is 1.19 bits per heavy atom. The summed E-state index contributed by atoms with van der Waals surface area (Å²) in [6.45, 7) is 3.84. The van der Waals surface area contributed by atoms with Crippen LogP contribution in [0.1, 0.15) is 68.6 Å². The van der Waals surface area contributed by atoms with E-state index in [4.69, 9.17) is 4.74 Å². The minimum Gasteiger partial charge on any atom is -0.503 e. The molecule has 1 aromatic heterocycles. The molecule has 7 heteroatoms. The highest BCUT2D eigenvalue weighted by atomic mass is 16.5. The van der Waals surface area contributed by atoms with Crippen LogP contribution in [0.25, 0.3) is 0 Å². The fourth-order valence-electron chi connectivity index (χ4n) is 4.01. The van der Waals surface area contributed by atoms with Gasteiger partial charge in [0.1, 0.15) is 0 Å². The number of esters is 1. The van der Waals surface area contributed by atoms with Crippen LogP contribution < -0.4 is 10.5 Å².